The number of rotatable bonds is 0. The fourth-order valence-electron chi connectivity index (χ4n) is 1.80. The lowest BCUT2D eigenvalue weighted by Crippen LogP contribution is -2.28. The highest BCUT2D eigenvalue weighted by molar-refractivity contribution is 7.85. The summed E-state index contributed by atoms with van der Waals surface area (Å²) in [4.78, 5) is 0.333. The molecule has 0 saturated carbocycles. The van der Waals surface area contributed by atoms with Crippen LogP contribution in [-0.4, -0.2) is 9.46 Å². The SMILES string of the molecule is CC1CC(N)c2cc(F)c(F)cc2S1=O. The Morgan fingerprint density at radius 1 is 1.40 bits per heavy atom. The zero-order valence-electron chi connectivity index (χ0n) is 8.17. The van der Waals surface area contributed by atoms with E-state index in [-0.39, 0.29) is 11.3 Å². The van der Waals surface area contributed by atoms with Gasteiger partial charge in [-0.1, -0.05) is 6.92 Å². The van der Waals surface area contributed by atoms with Crippen molar-refractivity contribution in [2.24, 2.45) is 5.73 Å². The van der Waals surface area contributed by atoms with Crippen molar-refractivity contribution < 1.29 is 13.0 Å². The van der Waals surface area contributed by atoms with Crippen molar-refractivity contribution >= 4 is 10.8 Å². The minimum Gasteiger partial charge on any atom is -0.324 e. The summed E-state index contributed by atoms with van der Waals surface area (Å²) in [5, 5.41) is -0.114. The summed E-state index contributed by atoms with van der Waals surface area (Å²) >= 11 is 0. The maximum atomic E-state index is 13.0. The van der Waals surface area contributed by atoms with E-state index in [4.69, 9.17) is 5.73 Å². The van der Waals surface area contributed by atoms with Gasteiger partial charge in [-0.05, 0) is 24.1 Å². The van der Waals surface area contributed by atoms with E-state index in [2.05, 4.69) is 0 Å². The predicted molar refractivity (Wildman–Crippen MR) is 53.8 cm³/mol. The molecule has 0 saturated heterocycles. The minimum atomic E-state index is -1.29. The average Bonchev–Trinajstić information content (AvgIpc) is 2.18. The Bertz CT molecular complexity index is 436. The van der Waals surface area contributed by atoms with Gasteiger partial charge in [-0.15, -0.1) is 0 Å². The topological polar surface area (TPSA) is 43.1 Å². The van der Waals surface area contributed by atoms with Crippen LogP contribution in [0.2, 0.25) is 0 Å². The second kappa shape index (κ2) is 3.64. The maximum Gasteiger partial charge on any atom is 0.160 e. The van der Waals surface area contributed by atoms with Crippen molar-refractivity contribution in [3.05, 3.63) is 29.3 Å². The normalized spacial score (nSPS) is 30.0. The molecule has 0 aromatic heterocycles. The number of hydrogen-bond acceptors (Lipinski definition) is 2. The first-order valence-electron chi connectivity index (χ1n) is 4.66. The number of fused-ring (bicyclic) bond motifs is 1. The van der Waals surface area contributed by atoms with E-state index in [9.17, 15) is 13.0 Å². The Hall–Kier alpha value is -0.810. The van der Waals surface area contributed by atoms with Gasteiger partial charge in [0.05, 0.1) is 10.8 Å². The zero-order chi connectivity index (χ0) is 11.2. The first-order valence-corrected chi connectivity index (χ1v) is 5.87. The highest BCUT2D eigenvalue weighted by Gasteiger charge is 2.29. The van der Waals surface area contributed by atoms with Crippen LogP contribution in [0.3, 0.4) is 0 Å². The molecule has 2 nitrogen and oxygen atoms in total. The van der Waals surface area contributed by atoms with Crippen molar-refractivity contribution in [1.82, 2.24) is 0 Å². The van der Waals surface area contributed by atoms with Crippen LogP contribution in [0.25, 0.3) is 0 Å². The monoisotopic (exact) mass is 231 g/mol. The molecular weight excluding hydrogens is 220 g/mol. The summed E-state index contributed by atoms with van der Waals surface area (Å²) < 4.78 is 37.8. The molecule has 0 fully saturated rings. The van der Waals surface area contributed by atoms with Gasteiger partial charge in [-0.2, -0.15) is 0 Å². The van der Waals surface area contributed by atoms with Gasteiger partial charge in [0, 0.05) is 16.2 Å². The highest BCUT2D eigenvalue weighted by atomic mass is 32.2. The van der Waals surface area contributed by atoms with Crippen LogP contribution in [0.1, 0.15) is 24.9 Å². The summed E-state index contributed by atoms with van der Waals surface area (Å²) in [6.45, 7) is 1.79. The molecule has 1 aromatic carbocycles. The van der Waals surface area contributed by atoms with Crippen LogP contribution in [0, 0.1) is 11.6 Å². The molecular formula is C10H11F2NOS. The number of halogens is 2. The summed E-state index contributed by atoms with van der Waals surface area (Å²) in [6.07, 6.45) is 0.532. The van der Waals surface area contributed by atoms with Crippen LogP contribution >= 0.6 is 0 Å². The standard InChI is InChI=1S/C10H11F2NOS/c1-5-2-9(13)6-3-7(11)8(12)4-10(6)15(5)14/h3-5,9H,2,13H2,1H3. The van der Waals surface area contributed by atoms with Gasteiger partial charge < -0.3 is 5.73 Å². The van der Waals surface area contributed by atoms with Gasteiger partial charge in [0.2, 0.25) is 0 Å². The molecule has 0 amide bonds. The smallest absolute Gasteiger partial charge is 0.160 e. The molecule has 0 radical (unpaired) electrons. The summed E-state index contributed by atoms with van der Waals surface area (Å²) in [5.74, 6) is -1.90. The summed E-state index contributed by atoms with van der Waals surface area (Å²) in [5.41, 5.74) is 6.26. The van der Waals surface area contributed by atoms with E-state index in [1.54, 1.807) is 6.92 Å². The van der Waals surface area contributed by atoms with E-state index in [1.165, 1.54) is 0 Å². The third-order valence-corrected chi connectivity index (χ3v) is 4.33. The molecule has 1 aliphatic rings. The van der Waals surface area contributed by atoms with Crippen LogP contribution in [-0.2, 0) is 10.8 Å². The molecule has 2 rings (SSSR count). The van der Waals surface area contributed by atoms with Crippen LogP contribution in [0.5, 0.6) is 0 Å². The Morgan fingerprint density at radius 3 is 2.67 bits per heavy atom. The van der Waals surface area contributed by atoms with Crippen molar-refractivity contribution in [3.63, 3.8) is 0 Å². The van der Waals surface area contributed by atoms with Gasteiger partial charge >= 0.3 is 0 Å². The van der Waals surface area contributed by atoms with Gasteiger partial charge in [0.1, 0.15) is 0 Å². The van der Waals surface area contributed by atoms with Gasteiger partial charge in [-0.3, -0.25) is 4.21 Å². The van der Waals surface area contributed by atoms with Crippen LogP contribution < -0.4 is 5.73 Å². The molecule has 1 heterocycles. The molecule has 3 atom stereocenters. The second-order valence-electron chi connectivity index (χ2n) is 3.75. The van der Waals surface area contributed by atoms with Crippen molar-refractivity contribution in [1.29, 1.82) is 0 Å². The Balaban J connectivity index is 2.61. The predicted octanol–water partition coefficient (Wildman–Crippen LogP) is 1.86. The third-order valence-electron chi connectivity index (χ3n) is 2.62. The maximum absolute atomic E-state index is 13.0. The molecule has 3 unspecified atom stereocenters. The second-order valence-corrected chi connectivity index (χ2v) is 5.59. The molecule has 0 aliphatic carbocycles. The largest absolute Gasteiger partial charge is 0.324 e. The molecule has 15 heavy (non-hydrogen) atoms. The molecule has 5 heteroatoms. The lowest BCUT2D eigenvalue weighted by Gasteiger charge is -2.26. The van der Waals surface area contributed by atoms with E-state index in [0.29, 0.717) is 16.9 Å². The first kappa shape index (κ1) is 10.7. The van der Waals surface area contributed by atoms with E-state index in [1.807, 2.05) is 0 Å². The number of nitrogens with two attached hydrogens (primary N) is 1. The number of benzene rings is 1. The minimum absolute atomic E-state index is 0.114. The van der Waals surface area contributed by atoms with Gasteiger partial charge in [0.25, 0.3) is 0 Å². The molecule has 82 valence electrons. The Kier molecular flexibility index (Phi) is 2.60. The first-order chi connectivity index (χ1) is 7.00. The van der Waals surface area contributed by atoms with Crippen molar-refractivity contribution in [2.45, 2.75) is 29.5 Å². The van der Waals surface area contributed by atoms with Gasteiger partial charge in [0.15, 0.2) is 11.6 Å². The average molecular weight is 231 g/mol. The number of hydrogen-bond donors (Lipinski definition) is 1. The van der Waals surface area contributed by atoms with Crippen molar-refractivity contribution in [3.8, 4) is 0 Å². The van der Waals surface area contributed by atoms with E-state index in [0.717, 1.165) is 12.1 Å². The lowest BCUT2D eigenvalue weighted by atomic mass is 10.0. The quantitative estimate of drug-likeness (QED) is 0.740. The van der Waals surface area contributed by atoms with E-state index < -0.39 is 22.4 Å². The fourth-order valence-corrected chi connectivity index (χ4v) is 3.27. The Labute approximate surface area is 88.9 Å². The third kappa shape index (κ3) is 1.70. The molecule has 1 aromatic rings. The van der Waals surface area contributed by atoms with Crippen LogP contribution in [0.4, 0.5) is 8.78 Å². The van der Waals surface area contributed by atoms with Crippen LogP contribution in [0.15, 0.2) is 17.0 Å². The van der Waals surface area contributed by atoms with Crippen molar-refractivity contribution in [2.75, 3.05) is 0 Å². The lowest BCUT2D eigenvalue weighted by molar-refractivity contribution is 0.495. The fraction of sp³-hybridized carbons (Fsp3) is 0.400. The molecule has 0 spiro atoms. The molecule has 1 aliphatic heterocycles. The van der Waals surface area contributed by atoms with Gasteiger partial charge in [-0.25, -0.2) is 8.78 Å². The Morgan fingerprint density at radius 2 is 2.00 bits per heavy atom. The molecule has 0 bridgehead atoms. The summed E-state index contributed by atoms with van der Waals surface area (Å²) in [7, 11) is -1.29. The highest BCUT2D eigenvalue weighted by Crippen LogP contribution is 2.33. The summed E-state index contributed by atoms with van der Waals surface area (Å²) in [6, 6.07) is 1.69. The van der Waals surface area contributed by atoms with E-state index >= 15 is 0 Å². The molecule has 2 N–H and O–H groups in total. The zero-order valence-corrected chi connectivity index (χ0v) is 8.98.